The van der Waals surface area contributed by atoms with Crippen LogP contribution >= 0.6 is 0 Å². The number of unbranched alkanes of at least 4 members (excludes halogenated alkanes) is 5. The normalized spacial score (nSPS) is 16.7. The summed E-state index contributed by atoms with van der Waals surface area (Å²) in [5, 5.41) is 13.6. The molecule has 1 amide bonds. The highest BCUT2D eigenvalue weighted by Crippen LogP contribution is 2.22. The van der Waals surface area contributed by atoms with Crippen LogP contribution in [0.5, 0.6) is 5.75 Å². The highest BCUT2D eigenvalue weighted by Gasteiger charge is 2.33. The molecular weight excluding hydrogens is 376 g/mol. The van der Waals surface area contributed by atoms with E-state index in [4.69, 9.17) is 0 Å². The minimum absolute atomic E-state index is 0.108. The molecule has 0 spiro atoms. The van der Waals surface area contributed by atoms with Crippen LogP contribution in [0.4, 0.5) is 0 Å². The van der Waals surface area contributed by atoms with Crippen molar-refractivity contribution >= 4 is 5.91 Å². The highest BCUT2D eigenvalue weighted by molar-refractivity contribution is 5.79. The lowest BCUT2D eigenvalue weighted by molar-refractivity contribution is -0.156. The van der Waals surface area contributed by atoms with Gasteiger partial charge in [0.1, 0.15) is 5.75 Å². The van der Waals surface area contributed by atoms with Crippen LogP contribution in [0, 0.1) is 0 Å². The Labute approximate surface area is 182 Å². The van der Waals surface area contributed by atoms with E-state index in [9.17, 15) is 9.90 Å². The number of phenolic OH excluding ortho intramolecular Hbond substituents is 1. The van der Waals surface area contributed by atoms with E-state index in [0.717, 1.165) is 24.2 Å². The van der Waals surface area contributed by atoms with Crippen LogP contribution in [0.15, 0.2) is 36.5 Å². The van der Waals surface area contributed by atoms with E-state index in [1.165, 1.54) is 32.1 Å². The zero-order valence-corrected chi connectivity index (χ0v) is 19.3. The lowest BCUT2D eigenvalue weighted by Gasteiger charge is -2.44. The number of likely N-dealkylation sites (N-methyl/N-ethyl adjacent to an activating group) is 2. The van der Waals surface area contributed by atoms with Gasteiger partial charge in [0.05, 0.1) is 19.3 Å². The summed E-state index contributed by atoms with van der Waals surface area (Å²) in [6.45, 7) is 8.51. The number of nitrogens with zero attached hydrogens (tertiary/aromatic N) is 4. The molecule has 30 heavy (non-hydrogen) atoms. The van der Waals surface area contributed by atoms with Crippen molar-refractivity contribution in [3.8, 4) is 5.75 Å². The second-order valence-electron chi connectivity index (χ2n) is 8.55. The van der Waals surface area contributed by atoms with Crippen molar-refractivity contribution in [2.75, 3.05) is 40.9 Å². The van der Waals surface area contributed by atoms with Gasteiger partial charge in [0.15, 0.2) is 0 Å². The van der Waals surface area contributed by atoms with Crippen LogP contribution < -0.4 is 0 Å². The fraction of sp³-hybridized carbons (Fsp3) is 0.625. The number of rotatable bonds is 12. The van der Waals surface area contributed by atoms with Crippen LogP contribution in [-0.2, 0) is 11.2 Å². The number of aromatic hydroxyl groups is 1. The fourth-order valence-electron chi connectivity index (χ4n) is 3.88. The first-order chi connectivity index (χ1) is 14.3. The van der Waals surface area contributed by atoms with Gasteiger partial charge in [-0.1, -0.05) is 57.7 Å². The molecule has 2 rings (SSSR count). The summed E-state index contributed by atoms with van der Waals surface area (Å²) in [7, 11) is 6.02. The Kier molecular flexibility index (Phi) is 9.66. The predicted octanol–water partition coefficient (Wildman–Crippen LogP) is 3.69. The summed E-state index contributed by atoms with van der Waals surface area (Å²) in [5.74, 6) is 0.373. The third-order valence-corrected chi connectivity index (χ3v) is 6.09. The molecular formula is C24H40N4O2. The Bertz CT molecular complexity index is 676. The minimum atomic E-state index is -0.108. The molecule has 1 aliphatic heterocycles. The van der Waals surface area contributed by atoms with Crippen LogP contribution in [0.2, 0.25) is 0 Å². The van der Waals surface area contributed by atoms with Crippen molar-refractivity contribution in [1.29, 1.82) is 0 Å². The number of carbonyl (C=O) groups is 1. The van der Waals surface area contributed by atoms with Gasteiger partial charge in [-0.2, -0.15) is 0 Å². The lowest BCUT2D eigenvalue weighted by Crippen LogP contribution is -2.60. The monoisotopic (exact) mass is 416 g/mol. The molecule has 1 heterocycles. The molecule has 0 saturated carbocycles. The molecule has 1 atom stereocenters. The summed E-state index contributed by atoms with van der Waals surface area (Å²) in [6, 6.07) is 7.14. The Balaban J connectivity index is 2.06. The summed E-state index contributed by atoms with van der Waals surface area (Å²) in [4.78, 5) is 17.0. The van der Waals surface area contributed by atoms with Gasteiger partial charge in [-0.05, 0) is 30.5 Å². The Morgan fingerprint density at radius 3 is 2.40 bits per heavy atom. The molecule has 1 unspecified atom stereocenters. The molecule has 0 aliphatic carbocycles. The van der Waals surface area contributed by atoms with E-state index in [0.29, 0.717) is 19.6 Å². The third-order valence-electron chi connectivity index (χ3n) is 6.09. The first-order valence-corrected chi connectivity index (χ1v) is 11.2. The van der Waals surface area contributed by atoms with E-state index in [1.807, 2.05) is 36.1 Å². The maximum atomic E-state index is 12.9. The number of hydrogen-bond donors (Lipinski definition) is 1. The number of carbonyl (C=O) groups excluding carboxylic acids is 1. The average Bonchev–Trinajstić information content (AvgIpc) is 2.72. The van der Waals surface area contributed by atoms with Gasteiger partial charge in [-0.25, -0.2) is 10.0 Å². The lowest BCUT2D eigenvalue weighted by atomic mass is 10.0. The number of hydrogen-bond acceptors (Lipinski definition) is 5. The Morgan fingerprint density at radius 1 is 1.10 bits per heavy atom. The first kappa shape index (κ1) is 24.2. The quantitative estimate of drug-likeness (QED) is 0.527. The molecule has 1 aromatic rings. The first-order valence-electron chi connectivity index (χ1n) is 11.2. The zero-order valence-electron chi connectivity index (χ0n) is 19.3. The maximum absolute atomic E-state index is 12.9. The smallest absolute Gasteiger partial charge is 0.239 e. The zero-order chi connectivity index (χ0) is 22.1. The van der Waals surface area contributed by atoms with Crippen molar-refractivity contribution in [3.05, 3.63) is 42.1 Å². The molecule has 0 radical (unpaired) electrons. The second-order valence-corrected chi connectivity index (χ2v) is 8.55. The number of amides is 1. The van der Waals surface area contributed by atoms with E-state index in [-0.39, 0.29) is 17.7 Å². The van der Waals surface area contributed by atoms with Crippen molar-refractivity contribution in [2.45, 2.75) is 57.9 Å². The van der Waals surface area contributed by atoms with Gasteiger partial charge in [0, 0.05) is 33.4 Å². The third kappa shape index (κ3) is 7.03. The van der Waals surface area contributed by atoms with E-state index >= 15 is 0 Å². The average molecular weight is 417 g/mol. The number of phenols is 1. The molecule has 1 saturated heterocycles. The molecule has 1 N–H and O–H groups in total. The van der Waals surface area contributed by atoms with Crippen LogP contribution in [0.1, 0.15) is 51.0 Å². The minimum Gasteiger partial charge on any atom is -0.508 e. The number of hydrazine groups is 1. The molecule has 1 aromatic carbocycles. The Hall–Kier alpha value is -2.05. The van der Waals surface area contributed by atoms with Gasteiger partial charge < -0.3 is 14.9 Å². The summed E-state index contributed by atoms with van der Waals surface area (Å²) in [6.07, 6.45) is 8.24. The largest absolute Gasteiger partial charge is 0.508 e. The second kappa shape index (κ2) is 12.0. The summed E-state index contributed by atoms with van der Waals surface area (Å²) >= 11 is 0. The van der Waals surface area contributed by atoms with Crippen molar-refractivity contribution in [1.82, 2.24) is 19.8 Å². The summed E-state index contributed by atoms with van der Waals surface area (Å²) < 4.78 is 0. The molecule has 0 bridgehead atoms. The predicted molar refractivity (Wildman–Crippen MR) is 123 cm³/mol. The molecule has 6 nitrogen and oxygen atoms in total. The van der Waals surface area contributed by atoms with Crippen molar-refractivity contribution in [2.24, 2.45) is 0 Å². The standard InChI is InChI=1S/C24H40N4O2/c1-6-7-8-9-10-11-16-25(3)20(2)23(17-21-12-14-22(29)15-13-21)28-19-27(5)26(4)18-24(28)30/h12-15,23,29H,2,6-11,16-19H2,1,3-5H3. The fourth-order valence-corrected chi connectivity index (χ4v) is 3.88. The molecule has 0 aromatic heterocycles. The van der Waals surface area contributed by atoms with Gasteiger partial charge in [-0.3, -0.25) is 4.79 Å². The topological polar surface area (TPSA) is 50.3 Å². The van der Waals surface area contributed by atoms with Gasteiger partial charge >= 0.3 is 0 Å². The molecule has 168 valence electrons. The van der Waals surface area contributed by atoms with E-state index < -0.39 is 0 Å². The molecule has 1 aliphatic rings. The Morgan fingerprint density at radius 2 is 1.73 bits per heavy atom. The van der Waals surface area contributed by atoms with Crippen LogP contribution in [0.25, 0.3) is 0 Å². The van der Waals surface area contributed by atoms with Gasteiger partial charge in [0.25, 0.3) is 0 Å². The highest BCUT2D eigenvalue weighted by atomic mass is 16.3. The van der Waals surface area contributed by atoms with Gasteiger partial charge in [-0.15, -0.1) is 0 Å². The maximum Gasteiger partial charge on any atom is 0.239 e. The molecule has 6 heteroatoms. The van der Waals surface area contributed by atoms with Crippen LogP contribution in [-0.4, -0.2) is 77.8 Å². The van der Waals surface area contributed by atoms with Crippen molar-refractivity contribution < 1.29 is 9.90 Å². The van der Waals surface area contributed by atoms with Gasteiger partial charge in [0.2, 0.25) is 5.91 Å². The van der Waals surface area contributed by atoms with E-state index in [2.05, 4.69) is 30.5 Å². The van der Waals surface area contributed by atoms with E-state index in [1.54, 1.807) is 12.1 Å². The van der Waals surface area contributed by atoms with Crippen molar-refractivity contribution in [3.63, 3.8) is 0 Å². The summed E-state index contributed by atoms with van der Waals surface area (Å²) in [5.41, 5.74) is 2.06. The molecule has 1 fully saturated rings. The number of benzene rings is 1. The van der Waals surface area contributed by atoms with Crippen LogP contribution in [0.3, 0.4) is 0 Å². The SMILES string of the molecule is C=C(C(Cc1ccc(O)cc1)N1CN(C)N(C)CC1=O)N(C)CCCCCCCC.